The van der Waals surface area contributed by atoms with Crippen LogP contribution in [0, 0.1) is 0 Å². The zero-order valence-corrected chi connectivity index (χ0v) is 14.0. The van der Waals surface area contributed by atoms with Gasteiger partial charge in [-0.2, -0.15) is 0 Å². The molecule has 2 rings (SSSR count). The molecule has 0 spiro atoms. The van der Waals surface area contributed by atoms with Gasteiger partial charge in [-0.1, -0.05) is 25.0 Å². The van der Waals surface area contributed by atoms with Gasteiger partial charge in [-0.25, -0.2) is 13.2 Å². The van der Waals surface area contributed by atoms with Crippen LogP contribution < -0.4 is 5.32 Å². The number of benzene rings is 1. The third-order valence-corrected chi connectivity index (χ3v) is 5.17. The van der Waals surface area contributed by atoms with E-state index in [1.54, 1.807) is 24.3 Å². The van der Waals surface area contributed by atoms with Gasteiger partial charge in [0.05, 0.1) is 10.9 Å². The van der Waals surface area contributed by atoms with E-state index in [-0.39, 0.29) is 12.1 Å². The van der Waals surface area contributed by atoms with Crippen molar-refractivity contribution < 1.29 is 13.2 Å². The molecular formula is C16H24N2O3S. The van der Waals surface area contributed by atoms with Gasteiger partial charge < -0.3 is 10.2 Å². The van der Waals surface area contributed by atoms with Gasteiger partial charge in [0.15, 0.2) is 9.84 Å². The standard InChI is InChI=1S/C16H24N2O3S/c1-13(14-7-9-15(10-8-14)22(2,20)21)17-16(19)18-11-5-3-4-6-12-18/h7-10,13H,3-6,11-12H2,1-2H3,(H,17,19)/t13-/m1/s1. The predicted octanol–water partition coefficient (Wildman–Crippen LogP) is 2.74. The minimum absolute atomic E-state index is 0.0402. The SMILES string of the molecule is C[C@@H](NC(=O)N1CCCCCC1)c1ccc(S(C)(=O)=O)cc1. The van der Waals surface area contributed by atoms with Crippen molar-refractivity contribution in [1.29, 1.82) is 0 Å². The van der Waals surface area contributed by atoms with E-state index in [0.717, 1.165) is 31.5 Å². The third kappa shape index (κ3) is 4.47. The van der Waals surface area contributed by atoms with Crippen LogP contribution in [0.2, 0.25) is 0 Å². The summed E-state index contributed by atoms with van der Waals surface area (Å²) in [5.41, 5.74) is 0.899. The van der Waals surface area contributed by atoms with E-state index < -0.39 is 9.84 Å². The van der Waals surface area contributed by atoms with Crippen molar-refractivity contribution in [2.45, 2.75) is 43.5 Å². The molecule has 1 heterocycles. The van der Waals surface area contributed by atoms with E-state index in [9.17, 15) is 13.2 Å². The summed E-state index contributed by atoms with van der Waals surface area (Å²) in [6, 6.07) is 6.48. The quantitative estimate of drug-likeness (QED) is 0.929. The topological polar surface area (TPSA) is 66.5 Å². The first kappa shape index (κ1) is 16.8. The molecule has 1 saturated heterocycles. The molecule has 1 fully saturated rings. The molecule has 1 aliphatic rings. The highest BCUT2D eigenvalue weighted by atomic mass is 32.2. The highest BCUT2D eigenvalue weighted by Crippen LogP contribution is 2.17. The molecule has 22 heavy (non-hydrogen) atoms. The van der Waals surface area contributed by atoms with Gasteiger partial charge in [0.25, 0.3) is 0 Å². The molecule has 1 atom stereocenters. The largest absolute Gasteiger partial charge is 0.331 e. The Bertz CT molecular complexity index is 603. The van der Waals surface area contributed by atoms with Crippen molar-refractivity contribution in [3.8, 4) is 0 Å². The molecule has 0 radical (unpaired) electrons. The van der Waals surface area contributed by atoms with Gasteiger partial charge in [-0.15, -0.1) is 0 Å². The fourth-order valence-electron chi connectivity index (χ4n) is 2.64. The van der Waals surface area contributed by atoms with Crippen LogP contribution in [0.5, 0.6) is 0 Å². The van der Waals surface area contributed by atoms with Crippen LogP contribution in [0.15, 0.2) is 29.2 Å². The van der Waals surface area contributed by atoms with Crippen LogP contribution in [0.4, 0.5) is 4.79 Å². The number of hydrogen-bond acceptors (Lipinski definition) is 3. The van der Waals surface area contributed by atoms with Crippen LogP contribution in [-0.4, -0.2) is 38.7 Å². The molecule has 2 amide bonds. The van der Waals surface area contributed by atoms with Gasteiger partial charge in [-0.05, 0) is 37.5 Å². The first-order chi connectivity index (χ1) is 10.4. The molecule has 6 heteroatoms. The maximum atomic E-state index is 12.3. The molecule has 1 aromatic carbocycles. The maximum absolute atomic E-state index is 12.3. The molecule has 0 saturated carbocycles. The molecule has 1 aromatic rings. The Morgan fingerprint density at radius 2 is 1.64 bits per heavy atom. The summed E-state index contributed by atoms with van der Waals surface area (Å²) >= 11 is 0. The summed E-state index contributed by atoms with van der Waals surface area (Å²) in [5, 5.41) is 2.99. The first-order valence-electron chi connectivity index (χ1n) is 7.73. The van der Waals surface area contributed by atoms with E-state index in [2.05, 4.69) is 5.32 Å². The van der Waals surface area contributed by atoms with E-state index >= 15 is 0 Å². The summed E-state index contributed by atoms with van der Waals surface area (Å²) in [6.45, 7) is 3.53. The number of hydrogen-bond donors (Lipinski definition) is 1. The average Bonchev–Trinajstić information content (AvgIpc) is 2.75. The minimum Gasteiger partial charge on any atom is -0.331 e. The number of sulfone groups is 1. The smallest absolute Gasteiger partial charge is 0.317 e. The lowest BCUT2D eigenvalue weighted by atomic mass is 10.1. The lowest BCUT2D eigenvalue weighted by molar-refractivity contribution is 0.196. The van der Waals surface area contributed by atoms with Crippen molar-refractivity contribution in [2.75, 3.05) is 19.3 Å². The Hall–Kier alpha value is -1.56. The molecular weight excluding hydrogens is 300 g/mol. The second kappa shape index (κ2) is 7.13. The summed E-state index contributed by atoms with van der Waals surface area (Å²) in [4.78, 5) is 14.4. The molecule has 122 valence electrons. The van der Waals surface area contributed by atoms with Crippen LogP contribution >= 0.6 is 0 Å². The Balaban J connectivity index is 1.99. The summed E-state index contributed by atoms with van der Waals surface area (Å²) in [7, 11) is -3.19. The van der Waals surface area contributed by atoms with Gasteiger partial charge in [-0.3, -0.25) is 0 Å². The number of nitrogens with one attached hydrogen (secondary N) is 1. The predicted molar refractivity (Wildman–Crippen MR) is 86.5 cm³/mol. The monoisotopic (exact) mass is 324 g/mol. The fourth-order valence-corrected chi connectivity index (χ4v) is 3.27. The number of urea groups is 1. The number of carbonyl (C=O) groups is 1. The minimum atomic E-state index is -3.19. The second-order valence-corrected chi connectivity index (χ2v) is 7.93. The van der Waals surface area contributed by atoms with E-state index in [1.165, 1.54) is 19.1 Å². The number of nitrogens with zero attached hydrogens (tertiary/aromatic N) is 1. The molecule has 0 unspecified atom stereocenters. The van der Waals surface area contributed by atoms with Gasteiger partial charge in [0.2, 0.25) is 0 Å². The van der Waals surface area contributed by atoms with E-state index in [0.29, 0.717) is 4.90 Å². The Labute approximate surface area is 132 Å². The van der Waals surface area contributed by atoms with Crippen molar-refractivity contribution in [1.82, 2.24) is 10.2 Å². The third-order valence-electron chi connectivity index (χ3n) is 4.04. The van der Waals surface area contributed by atoms with Crippen LogP contribution in [-0.2, 0) is 9.84 Å². The first-order valence-corrected chi connectivity index (χ1v) is 9.62. The zero-order valence-electron chi connectivity index (χ0n) is 13.2. The highest BCUT2D eigenvalue weighted by Gasteiger charge is 2.18. The molecule has 1 aliphatic heterocycles. The molecule has 0 aliphatic carbocycles. The molecule has 0 bridgehead atoms. The lowest BCUT2D eigenvalue weighted by Crippen LogP contribution is -2.41. The molecule has 1 N–H and O–H groups in total. The lowest BCUT2D eigenvalue weighted by Gasteiger charge is -2.24. The molecule has 5 nitrogen and oxygen atoms in total. The average molecular weight is 324 g/mol. The second-order valence-electron chi connectivity index (χ2n) is 5.91. The van der Waals surface area contributed by atoms with Crippen molar-refractivity contribution in [2.24, 2.45) is 0 Å². The Morgan fingerprint density at radius 1 is 1.09 bits per heavy atom. The highest BCUT2D eigenvalue weighted by molar-refractivity contribution is 7.90. The summed E-state index contributed by atoms with van der Waals surface area (Å²) < 4.78 is 22.9. The van der Waals surface area contributed by atoms with Crippen LogP contribution in [0.3, 0.4) is 0 Å². The van der Waals surface area contributed by atoms with Crippen LogP contribution in [0.1, 0.15) is 44.2 Å². The molecule has 0 aromatic heterocycles. The van der Waals surface area contributed by atoms with Crippen molar-refractivity contribution in [3.63, 3.8) is 0 Å². The maximum Gasteiger partial charge on any atom is 0.317 e. The van der Waals surface area contributed by atoms with Crippen LogP contribution in [0.25, 0.3) is 0 Å². The number of rotatable bonds is 3. The van der Waals surface area contributed by atoms with E-state index in [1.807, 2.05) is 11.8 Å². The van der Waals surface area contributed by atoms with Crippen molar-refractivity contribution >= 4 is 15.9 Å². The number of likely N-dealkylation sites (tertiary alicyclic amines) is 1. The van der Waals surface area contributed by atoms with Gasteiger partial charge in [0.1, 0.15) is 0 Å². The Morgan fingerprint density at radius 3 is 2.14 bits per heavy atom. The fraction of sp³-hybridized carbons (Fsp3) is 0.562. The number of amides is 2. The number of carbonyl (C=O) groups excluding carboxylic acids is 1. The van der Waals surface area contributed by atoms with Gasteiger partial charge in [0, 0.05) is 19.3 Å². The van der Waals surface area contributed by atoms with Crippen molar-refractivity contribution in [3.05, 3.63) is 29.8 Å². The summed E-state index contributed by atoms with van der Waals surface area (Å²) in [6.07, 6.45) is 5.68. The zero-order chi connectivity index (χ0) is 16.2. The van der Waals surface area contributed by atoms with E-state index in [4.69, 9.17) is 0 Å². The Kier molecular flexibility index (Phi) is 5.45. The summed E-state index contributed by atoms with van der Waals surface area (Å²) in [5.74, 6) is 0. The normalized spacial score (nSPS) is 17.6. The van der Waals surface area contributed by atoms with Gasteiger partial charge >= 0.3 is 6.03 Å².